The molecule has 9 aromatic rings. The van der Waals surface area contributed by atoms with Gasteiger partial charge in [-0.05, 0) is 70.1 Å². The van der Waals surface area contributed by atoms with Crippen LogP contribution in [0.25, 0.3) is 33.0 Å². The minimum atomic E-state index is -0.473. The first-order valence-corrected chi connectivity index (χ1v) is 21.2. The highest BCUT2D eigenvalue weighted by Crippen LogP contribution is 2.42. The number of hydrogen-bond donors (Lipinski definition) is 0. The number of methoxy groups -OCH3 is 2. The van der Waals surface area contributed by atoms with Gasteiger partial charge in [0.25, 0.3) is 0 Å². The Labute approximate surface area is 371 Å². The Kier molecular flexibility index (Phi) is 12.6. The molecule has 0 saturated heterocycles. The van der Waals surface area contributed by atoms with Crippen LogP contribution in [-0.2, 0) is 39.4 Å². The SMILES string of the molecule is COc1ccc(CCn2cc(-c3ccc(OCc4ccccc4)c(OCc4ccccc4)c3)c3c4cc(OCc5ccccc5)c(OC)cc4oc(=O)c32)cc1OCc1ccccc1. The number of rotatable bonds is 18. The van der Waals surface area contributed by atoms with Crippen LogP contribution in [0.15, 0.2) is 185 Å². The predicted molar refractivity (Wildman–Crippen MR) is 250 cm³/mol. The minimum Gasteiger partial charge on any atom is -0.493 e. The van der Waals surface area contributed by atoms with Crippen LogP contribution in [0.4, 0.5) is 0 Å². The molecule has 0 amide bonds. The second kappa shape index (κ2) is 19.4. The average molecular weight is 850 g/mol. The number of benzene rings is 7. The van der Waals surface area contributed by atoms with Crippen molar-refractivity contribution in [1.29, 1.82) is 0 Å². The maximum absolute atomic E-state index is 14.3. The molecule has 64 heavy (non-hydrogen) atoms. The van der Waals surface area contributed by atoms with Gasteiger partial charge in [-0.2, -0.15) is 0 Å². The zero-order chi connectivity index (χ0) is 43.7. The van der Waals surface area contributed by atoms with Gasteiger partial charge in [-0.1, -0.05) is 133 Å². The highest BCUT2D eigenvalue weighted by molar-refractivity contribution is 6.12. The summed E-state index contributed by atoms with van der Waals surface area (Å²) in [4.78, 5) is 14.3. The molecule has 7 aromatic carbocycles. The third-order valence-electron chi connectivity index (χ3n) is 11.1. The van der Waals surface area contributed by atoms with Crippen LogP contribution in [-0.4, -0.2) is 18.8 Å². The Morgan fingerprint density at radius 3 is 1.48 bits per heavy atom. The number of nitrogens with zero attached hydrogens (tertiary/aromatic N) is 1. The second-order valence-electron chi connectivity index (χ2n) is 15.3. The van der Waals surface area contributed by atoms with Crippen LogP contribution in [0.5, 0.6) is 34.5 Å². The summed E-state index contributed by atoms with van der Waals surface area (Å²) in [6.45, 7) is 1.88. The molecule has 0 saturated carbocycles. The lowest BCUT2D eigenvalue weighted by molar-refractivity contribution is 0.256. The lowest BCUT2D eigenvalue weighted by Gasteiger charge is -2.15. The fourth-order valence-corrected chi connectivity index (χ4v) is 7.77. The average Bonchev–Trinajstić information content (AvgIpc) is 3.75. The molecule has 0 bridgehead atoms. The van der Waals surface area contributed by atoms with Gasteiger partial charge in [-0.15, -0.1) is 0 Å². The van der Waals surface area contributed by atoms with E-state index in [1.165, 1.54) is 0 Å². The maximum atomic E-state index is 14.3. The molecule has 9 nitrogen and oxygen atoms in total. The molecule has 0 N–H and O–H groups in total. The molecule has 9 heteroatoms. The maximum Gasteiger partial charge on any atom is 0.361 e. The molecule has 0 aliphatic carbocycles. The first-order valence-electron chi connectivity index (χ1n) is 21.2. The van der Waals surface area contributed by atoms with Gasteiger partial charge in [0.15, 0.2) is 34.5 Å². The molecule has 0 atom stereocenters. The molecule has 0 unspecified atom stereocenters. The van der Waals surface area contributed by atoms with Crippen molar-refractivity contribution in [2.45, 2.75) is 39.4 Å². The summed E-state index contributed by atoms with van der Waals surface area (Å²) in [6.07, 6.45) is 2.60. The van der Waals surface area contributed by atoms with E-state index < -0.39 is 5.63 Å². The Bertz CT molecular complexity index is 3040. The lowest BCUT2D eigenvalue weighted by Crippen LogP contribution is -2.09. The lowest BCUT2D eigenvalue weighted by atomic mass is 10.0. The van der Waals surface area contributed by atoms with E-state index in [0.717, 1.165) is 38.9 Å². The quantitative estimate of drug-likeness (QED) is 0.0789. The monoisotopic (exact) mass is 849 g/mol. The summed E-state index contributed by atoms with van der Waals surface area (Å²) in [7, 11) is 3.21. The molecular weight excluding hydrogens is 803 g/mol. The largest absolute Gasteiger partial charge is 0.493 e. The standard InChI is InChI=1S/C55H47NO8/c1-58-46-25-23-38(29-50(46)61-35-40-17-9-4-10-18-40)27-28-56-33-45(43-24-26-47(60-34-39-15-7-3-8-16-39)51(30-43)62-36-41-19-11-5-12-20-41)53-44-31-52(63-37-42-21-13-6-14-22-42)49(59-2)32-48(44)64-55(57)54(53)56/h3-26,29-33H,27-28,34-37H2,1-2H3. The van der Waals surface area contributed by atoms with Crippen LogP contribution < -0.4 is 34.0 Å². The highest BCUT2D eigenvalue weighted by Gasteiger charge is 2.22. The van der Waals surface area contributed by atoms with Crippen molar-refractivity contribution in [3.8, 4) is 45.6 Å². The van der Waals surface area contributed by atoms with Crippen molar-refractivity contribution < 1.29 is 32.8 Å². The molecule has 0 spiro atoms. The number of fused-ring (bicyclic) bond motifs is 3. The van der Waals surface area contributed by atoms with E-state index in [1.54, 1.807) is 20.3 Å². The summed E-state index contributed by atoms with van der Waals surface area (Å²) >= 11 is 0. The summed E-state index contributed by atoms with van der Waals surface area (Å²) in [6, 6.07) is 55.5. The van der Waals surface area contributed by atoms with Crippen molar-refractivity contribution in [1.82, 2.24) is 4.57 Å². The molecule has 9 rings (SSSR count). The first-order chi connectivity index (χ1) is 31.5. The van der Waals surface area contributed by atoms with E-state index in [9.17, 15) is 4.79 Å². The molecule has 2 aromatic heterocycles. The third kappa shape index (κ3) is 9.44. The Hall–Kier alpha value is -7.91. The van der Waals surface area contributed by atoms with Crippen molar-refractivity contribution in [2.24, 2.45) is 0 Å². The van der Waals surface area contributed by atoms with Crippen molar-refractivity contribution in [3.63, 3.8) is 0 Å². The fourth-order valence-electron chi connectivity index (χ4n) is 7.77. The van der Waals surface area contributed by atoms with Crippen molar-refractivity contribution in [2.75, 3.05) is 14.2 Å². The van der Waals surface area contributed by atoms with Gasteiger partial charge >= 0.3 is 5.63 Å². The number of aromatic nitrogens is 1. The number of hydrogen-bond acceptors (Lipinski definition) is 8. The third-order valence-corrected chi connectivity index (χ3v) is 11.1. The first kappa shape index (κ1) is 41.4. The molecule has 0 aliphatic rings. The highest BCUT2D eigenvalue weighted by atomic mass is 16.5. The molecule has 0 radical (unpaired) electrons. The summed E-state index contributed by atoms with van der Waals surface area (Å²) < 4.78 is 45.1. The van der Waals surface area contributed by atoms with Gasteiger partial charge in [0.2, 0.25) is 0 Å². The van der Waals surface area contributed by atoms with Crippen LogP contribution >= 0.6 is 0 Å². The van der Waals surface area contributed by atoms with E-state index in [1.807, 2.05) is 175 Å². The van der Waals surface area contributed by atoms with Gasteiger partial charge in [0.05, 0.1) is 14.2 Å². The Morgan fingerprint density at radius 2 is 0.953 bits per heavy atom. The minimum absolute atomic E-state index is 0.321. The van der Waals surface area contributed by atoms with E-state index in [4.69, 9.17) is 32.8 Å². The number of ether oxygens (including phenoxy) is 6. The smallest absolute Gasteiger partial charge is 0.361 e. The van der Waals surface area contributed by atoms with Gasteiger partial charge in [0.1, 0.15) is 37.5 Å². The molecule has 0 fully saturated rings. The second-order valence-corrected chi connectivity index (χ2v) is 15.3. The number of aryl methyl sites for hydroxylation is 2. The topological polar surface area (TPSA) is 90.5 Å². The Balaban J connectivity index is 1.13. The van der Waals surface area contributed by atoms with E-state index in [2.05, 4.69) is 0 Å². The fraction of sp³-hybridized carbons (Fsp3) is 0.145. The normalized spacial score (nSPS) is 11.1. The van der Waals surface area contributed by atoms with Gasteiger partial charge in [-0.3, -0.25) is 0 Å². The van der Waals surface area contributed by atoms with Crippen LogP contribution in [0.3, 0.4) is 0 Å². The zero-order valence-corrected chi connectivity index (χ0v) is 35.7. The van der Waals surface area contributed by atoms with Crippen molar-refractivity contribution >= 4 is 21.9 Å². The summed E-state index contributed by atoms with van der Waals surface area (Å²) in [5, 5.41) is 1.41. The van der Waals surface area contributed by atoms with Crippen LogP contribution in [0, 0.1) is 0 Å². The van der Waals surface area contributed by atoms with E-state index in [-0.39, 0.29) is 0 Å². The molecule has 320 valence electrons. The van der Waals surface area contributed by atoms with Crippen LogP contribution in [0.1, 0.15) is 27.8 Å². The van der Waals surface area contributed by atoms with Gasteiger partial charge < -0.3 is 37.4 Å². The molecule has 2 heterocycles. The van der Waals surface area contributed by atoms with Crippen LogP contribution in [0.2, 0.25) is 0 Å². The van der Waals surface area contributed by atoms with Gasteiger partial charge in [0, 0.05) is 35.1 Å². The zero-order valence-electron chi connectivity index (χ0n) is 35.7. The van der Waals surface area contributed by atoms with E-state index >= 15 is 0 Å². The molecule has 0 aliphatic heterocycles. The van der Waals surface area contributed by atoms with Gasteiger partial charge in [-0.25, -0.2) is 4.79 Å². The Morgan fingerprint density at radius 1 is 0.469 bits per heavy atom. The van der Waals surface area contributed by atoms with Crippen molar-refractivity contribution in [3.05, 3.63) is 214 Å². The summed E-state index contributed by atoms with van der Waals surface area (Å²) in [5.41, 5.74) is 7.09. The van der Waals surface area contributed by atoms with E-state index in [0.29, 0.717) is 95.8 Å². The summed E-state index contributed by atoms with van der Waals surface area (Å²) in [5.74, 6) is 3.42. The predicted octanol–water partition coefficient (Wildman–Crippen LogP) is 12.0. The molecular formula is C55H47NO8.